The maximum Gasteiger partial charge on any atom is 0.416 e. The standard InChI is InChI=1S/C10H8F3N/c1-6-4-7-5-8(10(11,12)13)2-3-9(7)14-6/h2-3,5,14H,1,4H2. The van der Waals surface area contributed by atoms with E-state index in [9.17, 15) is 13.2 Å². The second kappa shape index (κ2) is 2.77. The van der Waals surface area contributed by atoms with Gasteiger partial charge in [-0.1, -0.05) is 6.58 Å². The van der Waals surface area contributed by atoms with Gasteiger partial charge >= 0.3 is 6.18 Å². The summed E-state index contributed by atoms with van der Waals surface area (Å²) in [6.45, 7) is 3.67. The molecule has 74 valence electrons. The molecule has 1 aromatic rings. The van der Waals surface area contributed by atoms with Gasteiger partial charge < -0.3 is 5.32 Å². The fourth-order valence-electron chi connectivity index (χ4n) is 1.50. The molecule has 14 heavy (non-hydrogen) atoms. The van der Waals surface area contributed by atoms with E-state index in [2.05, 4.69) is 11.9 Å². The molecule has 1 nitrogen and oxygen atoms in total. The van der Waals surface area contributed by atoms with Crippen LogP contribution in [-0.4, -0.2) is 0 Å². The van der Waals surface area contributed by atoms with Gasteiger partial charge in [0, 0.05) is 17.8 Å². The topological polar surface area (TPSA) is 12.0 Å². The molecule has 1 heterocycles. The zero-order chi connectivity index (χ0) is 10.3. The molecule has 1 aliphatic rings. The molecular formula is C10H8F3N. The largest absolute Gasteiger partial charge is 0.416 e. The number of halogens is 3. The third kappa shape index (κ3) is 1.47. The highest BCUT2D eigenvalue weighted by Crippen LogP contribution is 2.34. The summed E-state index contributed by atoms with van der Waals surface area (Å²) in [5.74, 6) is 0. The molecule has 0 bridgehead atoms. The molecule has 2 rings (SSSR count). The lowest BCUT2D eigenvalue weighted by atomic mass is 10.1. The SMILES string of the molecule is C=C1Cc2cc(C(F)(F)F)ccc2N1. The van der Waals surface area contributed by atoms with Crippen molar-refractivity contribution in [3.63, 3.8) is 0 Å². The van der Waals surface area contributed by atoms with E-state index in [1.165, 1.54) is 12.1 Å². The van der Waals surface area contributed by atoms with Crippen LogP contribution in [0.5, 0.6) is 0 Å². The maximum absolute atomic E-state index is 12.3. The summed E-state index contributed by atoms with van der Waals surface area (Å²) in [7, 11) is 0. The van der Waals surface area contributed by atoms with E-state index in [1.807, 2.05) is 0 Å². The van der Waals surface area contributed by atoms with E-state index in [-0.39, 0.29) is 0 Å². The summed E-state index contributed by atoms with van der Waals surface area (Å²) >= 11 is 0. The van der Waals surface area contributed by atoms with Gasteiger partial charge in [0.1, 0.15) is 0 Å². The van der Waals surface area contributed by atoms with E-state index >= 15 is 0 Å². The fraction of sp³-hybridized carbons (Fsp3) is 0.200. The van der Waals surface area contributed by atoms with Crippen LogP contribution in [-0.2, 0) is 12.6 Å². The van der Waals surface area contributed by atoms with E-state index in [0.29, 0.717) is 12.0 Å². The monoisotopic (exact) mass is 199 g/mol. The molecule has 0 radical (unpaired) electrons. The van der Waals surface area contributed by atoms with Gasteiger partial charge in [0.2, 0.25) is 0 Å². The average Bonchev–Trinajstić information content (AvgIpc) is 2.41. The Kier molecular flexibility index (Phi) is 1.80. The van der Waals surface area contributed by atoms with Crippen molar-refractivity contribution in [1.29, 1.82) is 0 Å². The third-order valence-corrected chi connectivity index (χ3v) is 2.15. The fourth-order valence-corrected chi connectivity index (χ4v) is 1.50. The Labute approximate surface area is 79.2 Å². The minimum atomic E-state index is -4.26. The molecule has 0 spiro atoms. The van der Waals surface area contributed by atoms with Crippen LogP contribution >= 0.6 is 0 Å². The highest BCUT2D eigenvalue weighted by Gasteiger charge is 2.31. The van der Waals surface area contributed by atoms with Gasteiger partial charge in [-0.25, -0.2) is 0 Å². The first-order valence-corrected chi connectivity index (χ1v) is 4.12. The first-order chi connectivity index (χ1) is 6.47. The summed E-state index contributed by atoms with van der Waals surface area (Å²) in [5, 5.41) is 2.91. The smallest absolute Gasteiger partial charge is 0.359 e. The van der Waals surface area contributed by atoms with Crippen LogP contribution in [0.4, 0.5) is 18.9 Å². The molecule has 0 saturated carbocycles. The van der Waals surface area contributed by atoms with Gasteiger partial charge in [0.15, 0.2) is 0 Å². The number of rotatable bonds is 0. The Bertz CT molecular complexity index is 393. The number of alkyl halides is 3. The Balaban J connectivity index is 2.43. The molecule has 0 atom stereocenters. The van der Waals surface area contributed by atoms with E-state index in [4.69, 9.17) is 0 Å². The number of fused-ring (bicyclic) bond motifs is 1. The number of hydrogen-bond acceptors (Lipinski definition) is 1. The Hall–Kier alpha value is -1.45. The van der Waals surface area contributed by atoms with Gasteiger partial charge in [-0.2, -0.15) is 13.2 Å². The first-order valence-electron chi connectivity index (χ1n) is 4.12. The third-order valence-electron chi connectivity index (χ3n) is 2.15. The van der Waals surface area contributed by atoms with Crippen molar-refractivity contribution in [2.75, 3.05) is 5.32 Å². The van der Waals surface area contributed by atoms with Crippen molar-refractivity contribution in [2.45, 2.75) is 12.6 Å². The lowest BCUT2D eigenvalue weighted by molar-refractivity contribution is -0.137. The normalized spacial score (nSPS) is 15.2. The Morgan fingerprint density at radius 3 is 2.64 bits per heavy atom. The zero-order valence-electron chi connectivity index (χ0n) is 7.28. The van der Waals surface area contributed by atoms with Gasteiger partial charge in [-0.05, 0) is 23.8 Å². The van der Waals surface area contributed by atoms with E-state index < -0.39 is 11.7 Å². The number of benzene rings is 1. The van der Waals surface area contributed by atoms with Crippen LogP contribution in [0, 0.1) is 0 Å². The Morgan fingerprint density at radius 2 is 2.00 bits per heavy atom. The van der Waals surface area contributed by atoms with Crippen LogP contribution in [0.2, 0.25) is 0 Å². The molecule has 0 fully saturated rings. The summed E-state index contributed by atoms with van der Waals surface area (Å²) in [6, 6.07) is 3.68. The summed E-state index contributed by atoms with van der Waals surface area (Å²) in [6.07, 6.45) is -3.79. The highest BCUT2D eigenvalue weighted by atomic mass is 19.4. The van der Waals surface area contributed by atoms with Crippen LogP contribution in [0.15, 0.2) is 30.5 Å². The van der Waals surface area contributed by atoms with Crippen LogP contribution in [0.3, 0.4) is 0 Å². The second-order valence-corrected chi connectivity index (χ2v) is 3.28. The average molecular weight is 199 g/mol. The van der Waals surface area contributed by atoms with Crippen LogP contribution < -0.4 is 5.32 Å². The van der Waals surface area contributed by atoms with Gasteiger partial charge in [-0.3, -0.25) is 0 Å². The number of hydrogen-bond donors (Lipinski definition) is 1. The minimum absolute atomic E-state index is 0.471. The molecule has 1 aromatic carbocycles. The molecule has 0 amide bonds. The highest BCUT2D eigenvalue weighted by molar-refractivity contribution is 5.62. The van der Waals surface area contributed by atoms with Crippen molar-refractivity contribution in [3.8, 4) is 0 Å². The van der Waals surface area contributed by atoms with Crippen LogP contribution in [0.1, 0.15) is 11.1 Å². The molecule has 0 unspecified atom stereocenters. The van der Waals surface area contributed by atoms with Gasteiger partial charge in [0.25, 0.3) is 0 Å². The second-order valence-electron chi connectivity index (χ2n) is 3.28. The molecule has 0 saturated heterocycles. The minimum Gasteiger partial charge on any atom is -0.359 e. The van der Waals surface area contributed by atoms with Gasteiger partial charge in [0.05, 0.1) is 5.56 Å². The van der Waals surface area contributed by atoms with E-state index in [1.54, 1.807) is 0 Å². The predicted octanol–water partition coefficient (Wildman–Crippen LogP) is 3.19. The van der Waals surface area contributed by atoms with Crippen LogP contribution in [0.25, 0.3) is 0 Å². The first kappa shape index (κ1) is 9.12. The van der Waals surface area contributed by atoms with Crippen molar-refractivity contribution >= 4 is 5.69 Å². The maximum atomic E-state index is 12.3. The lowest BCUT2D eigenvalue weighted by Crippen LogP contribution is -2.04. The van der Waals surface area contributed by atoms with Gasteiger partial charge in [-0.15, -0.1) is 0 Å². The predicted molar refractivity (Wildman–Crippen MR) is 47.9 cm³/mol. The molecule has 0 aromatic heterocycles. The molecule has 1 N–H and O–H groups in total. The Morgan fingerprint density at radius 1 is 1.29 bits per heavy atom. The number of allylic oxidation sites excluding steroid dienone is 1. The summed E-state index contributed by atoms with van der Waals surface area (Å²) < 4.78 is 36.9. The molecule has 1 aliphatic heterocycles. The summed E-state index contributed by atoms with van der Waals surface area (Å²) in [4.78, 5) is 0. The quantitative estimate of drug-likeness (QED) is 0.676. The van der Waals surface area contributed by atoms with Crippen molar-refractivity contribution < 1.29 is 13.2 Å². The van der Waals surface area contributed by atoms with Crippen molar-refractivity contribution in [1.82, 2.24) is 0 Å². The molecule has 0 aliphatic carbocycles. The van der Waals surface area contributed by atoms with E-state index in [0.717, 1.165) is 17.5 Å². The lowest BCUT2D eigenvalue weighted by Gasteiger charge is -2.07. The van der Waals surface area contributed by atoms with Crippen molar-refractivity contribution in [2.24, 2.45) is 0 Å². The molecular weight excluding hydrogens is 191 g/mol. The number of nitrogens with one attached hydrogen (secondary N) is 1. The van der Waals surface area contributed by atoms with Crippen molar-refractivity contribution in [3.05, 3.63) is 41.6 Å². The zero-order valence-corrected chi connectivity index (χ0v) is 7.28. The summed E-state index contributed by atoms with van der Waals surface area (Å²) in [5.41, 5.74) is 1.51. The number of anilines is 1. The molecule has 4 heteroatoms.